The lowest BCUT2D eigenvalue weighted by molar-refractivity contribution is -0.384. The zero-order valence-electron chi connectivity index (χ0n) is 11.8. The van der Waals surface area contributed by atoms with Crippen LogP contribution in [0.3, 0.4) is 0 Å². The molecule has 2 N–H and O–H groups in total. The number of anilines is 1. The third-order valence-electron chi connectivity index (χ3n) is 2.75. The van der Waals surface area contributed by atoms with Crippen LogP contribution in [0.15, 0.2) is 36.4 Å². The summed E-state index contributed by atoms with van der Waals surface area (Å²) in [6, 6.07) is 8.01. The number of nitro benzene ring substituents is 1. The Morgan fingerprint density at radius 2 is 1.74 bits per heavy atom. The summed E-state index contributed by atoms with van der Waals surface area (Å²) in [5.74, 6) is 0.524. The number of nitro groups is 1. The Morgan fingerprint density at radius 3 is 2.22 bits per heavy atom. The number of halogens is 2. The summed E-state index contributed by atoms with van der Waals surface area (Å²) in [5, 5.41) is 15.9. The molecule has 0 spiro atoms. The molecule has 120 valence electrons. The Balaban J connectivity index is 2.23. The van der Waals surface area contributed by atoms with Crippen LogP contribution in [0.4, 0.5) is 16.2 Å². The van der Waals surface area contributed by atoms with Gasteiger partial charge in [0.15, 0.2) is 5.75 Å². The highest BCUT2D eigenvalue weighted by Gasteiger charge is 2.13. The van der Waals surface area contributed by atoms with Crippen LogP contribution >= 0.6 is 23.2 Å². The Kier molecular flexibility index (Phi) is 5.25. The Bertz CT molecular complexity index is 727. The van der Waals surface area contributed by atoms with Crippen LogP contribution in [-0.2, 0) is 0 Å². The highest BCUT2D eigenvalue weighted by atomic mass is 35.5. The summed E-state index contributed by atoms with van der Waals surface area (Å²) in [7, 11) is 1.48. The summed E-state index contributed by atoms with van der Waals surface area (Å²) < 4.78 is 5.55. The summed E-state index contributed by atoms with van der Waals surface area (Å²) in [5.41, 5.74) is 0.343. The maximum absolute atomic E-state index is 11.3. The lowest BCUT2D eigenvalue weighted by atomic mass is 10.3. The molecule has 0 atom stereocenters. The number of nitrogens with one attached hydrogen (secondary N) is 2. The molecular formula is C14H11Cl2N3O4. The molecule has 2 aromatic carbocycles. The first-order valence-corrected chi connectivity index (χ1v) is 7.06. The van der Waals surface area contributed by atoms with Crippen molar-refractivity contribution < 1.29 is 14.5 Å². The highest BCUT2D eigenvalue weighted by Crippen LogP contribution is 2.39. The van der Waals surface area contributed by atoms with Crippen LogP contribution in [0.25, 0.3) is 0 Å². The molecule has 0 aliphatic carbocycles. The smallest absolute Gasteiger partial charge is 0.318 e. The largest absolute Gasteiger partial charge is 0.454 e. The summed E-state index contributed by atoms with van der Waals surface area (Å²) in [6.07, 6.45) is 0. The first-order chi connectivity index (χ1) is 10.9. The van der Waals surface area contributed by atoms with Gasteiger partial charge >= 0.3 is 6.03 Å². The quantitative estimate of drug-likeness (QED) is 0.625. The van der Waals surface area contributed by atoms with Crippen LogP contribution in [0.5, 0.6) is 11.5 Å². The highest BCUT2D eigenvalue weighted by molar-refractivity contribution is 6.37. The molecule has 0 unspecified atom stereocenters. The minimum Gasteiger partial charge on any atom is -0.454 e. The van der Waals surface area contributed by atoms with Gasteiger partial charge < -0.3 is 15.4 Å². The van der Waals surface area contributed by atoms with Crippen molar-refractivity contribution in [2.24, 2.45) is 0 Å². The van der Waals surface area contributed by atoms with Gasteiger partial charge in [0.2, 0.25) is 0 Å². The van der Waals surface area contributed by atoms with E-state index in [1.807, 2.05) is 0 Å². The normalized spacial score (nSPS) is 10.0. The number of rotatable bonds is 4. The SMILES string of the molecule is CNC(=O)Nc1cc(Cl)c(Oc2ccc([N+](=O)[O-])cc2)c(Cl)c1. The number of carbonyl (C=O) groups excluding carboxylic acids is 1. The van der Waals surface area contributed by atoms with Gasteiger partial charge in [0.25, 0.3) is 5.69 Å². The van der Waals surface area contributed by atoms with E-state index < -0.39 is 11.0 Å². The van der Waals surface area contributed by atoms with Crippen molar-refractivity contribution in [3.63, 3.8) is 0 Å². The first-order valence-electron chi connectivity index (χ1n) is 6.31. The van der Waals surface area contributed by atoms with E-state index in [0.29, 0.717) is 11.4 Å². The minimum absolute atomic E-state index is 0.0559. The standard InChI is InChI=1S/C14H11Cl2N3O4/c1-17-14(20)18-8-6-11(15)13(12(16)7-8)23-10-4-2-9(3-5-10)19(21)22/h2-7H,1H3,(H2,17,18,20). The maximum Gasteiger partial charge on any atom is 0.318 e. The van der Waals surface area contributed by atoms with Crippen LogP contribution < -0.4 is 15.4 Å². The maximum atomic E-state index is 11.3. The fraction of sp³-hybridized carbons (Fsp3) is 0.0714. The average Bonchev–Trinajstić information content (AvgIpc) is 2.51. The second-order valence-electron chi connectivity index (χ2n) is 4.33. The Hall–Kier alpha value is -2.51. The average molecular weight is 356 g/mol. The molecule has 0 heterocycles. The van der Waals surface area contributed by atoms with Gasteiger partial charge in [-0.1, -0.05) is 23.2 Å². The van der Waals surface area contributed by atoms with E-state index in [1.54, 1.807) is 0 Å². The molecule has 0 saturated heterocycles. The van der Waals surface area contributed by atoms with E-state index in [1.165, 1.54) is 43.4 Å². The molecule has 2 amide bonds. The van der Waals surface area contributed by atoms with Gasteiger partial charge in [-0.2, -0.15) is 0 Å². The van der Waals surface area contributed by atoms with Crippen molar-refractivity contribution >= 4 is 40.6 Å². The van der Waals surface area contributed by atoms with Crippen LogP contribution in [-0.4, -0.2) is 18.0 Å². The molecule has 0 bridgehead atoms. The summed E-state index contributed by atoms with van der Waals surface area (Å²) >= 11 is 12.2. The summed E-state index contributed by atoms with van der Waals surface area (Å²) in [6.45, 7) is 0. The monoisotopic (exact) mass is 355 g/mol. The van der Waals surface area contributed by atoms with E-state index in [-0.39, 0.29) is 21.5 Å². The van der Waals surface area contributed by atoms with Gasteiger partial charge in [0.1, 0.15) is 5.75 Å². The lowest BCUT2D eigenvalue weighted by Gasteiger charge is -2.12. The minimum atomic E-state index is -0.511. The predicted octanol–water partition coefficient (Wildman–Crippen LogP) is 4.45. The fourth-order valence-corrected chi connectivity index (χ4v) is 2.24. The molecule has 0 aliphatic heterocycles. The van der Waals surface area contributed by atoms with Crippen LogP contribution in [0.1, 0.15) is 0 Å². The molecule has 0 aromatic heterocycles. The third-order valence-corrected chi connectivity index (χ3v) is 3.31. The van der Waals surface area contributed by atoms with Crippen molar-refractivity contribution in [3.05, 3.63) is 56.6 Å². The third kappa shape index (κ3) is 4.24. The predicted molar refractivity (Wildman–Crippen MR) is 87.7 cm³/mol. The second kappa shape index (κ2) is 7.17. The number of hydrogen-bond donors (Lipinski definition) is 2. The van der Waals surface area contributed by atoms with E-state index in [0.717, 1.165) is 0 Å². The lowest BCUT2D eigenvalue weighted by Crippen LogP contribution is -2.24. The first kappa shape index (κ1) is 16.9. The molecule has 0 radical (unpaired) electrons. The molecule has 7 nitrogen and oxygen atoms in total. The van der Waals surface area contributed by atoms with Crippen molar-refractivity contribution in [2.75, 3.05) is 12.4 Å². The number of urea groups is 1. The number of carbonyl (C=O) groups is 1. The molecule has 2 rings (SSSR count). The van der Waals surface area contributed by atoms with Gasteiger partial charge in [-0.05, 0) is 24.3 Å². The number of nitrogens with zero attached hydrogens (tertiary/aromatic N) is 1. The van der Waals surface area contributed by atoms with Crippen LogP contribution in [0, 0.1) is 10.1 Å². The molecular weight excluding hydrogens is 345 g/mol. The number of ether oxygens (including phenoxy) is 1. The molecule has 0 aliphatic rings. The van der Waals surface area contributed by atoms with Crippen molar-refractivity contribution in [2.45, 2.75) is 0 Å². The van der Waals surface area contributed by atoms with Gasteiger partial charge in [0, 0.05) is 24.9 Å². The summed E-state index contributed by atoms with van der Waals surface area (Å²) in [4.78, 5) is 21.4. The zero-order chi connectivity index (χ0) is 17.0. The molecule has 2 aromatic rings. The molecule has 23 heavy (non-hydrogen) atoms. The topological polar surface area (TPSA) is 93.5 Å². The van der Waals surface area contributed by atoms with E-state index in [9.17, 15) is 14.9 Å². The Morgan fingerprint density at radius 1 is 1.17 bits per heavy atom. The molecule has 0 saturated carbocycles. The van der Waals surface area contributed by atoms with E-state index >= 15 is 0 Å². The zero-order valence-corrected chi connectivity index (χ0v) is 13.3. The second-order valence-corrected chi connectivity index (χ2v) is 5.14. The number of non-ortho nitro benzene ring substituents is 1. The van der Waals surface area contributed by atoms with Crippen molar-refractivity contribution in [1.29, 1.82) is 0 Å². The van der Waals surface area contributed by atoms with Gasteiger partial charge in [-0.15, -0.1) is 0 Å². The van der Waals surface area contributed by atoms with Crippen LogP contribution in [0.2, 0.25) is 10.0 Å². The number of hydrogen-bond acceptors (Lipinski definition) is 4. The number of benzene rings is 2. The van der Waals surface area contributed by atoms with Gasteiger partial charge in [0.05, 0.1) is 15.0 Å². The fourth-order valence-electron chi connectivity index (χ4n) is 1.68. The van der Waals surface area contributed by atoms with E-state index in [2.05, 4.69) is 10.6 Å². The van der Waals surface area contributed by atoms with E-state index in [4.69, 9.17) is 27.9 Å². The van der Waals surface area contributed by atoms with Gasteiger partial charge in [-0.3, -0.25) is 10.1 Å². The molecule has 0 fully saturated rings. The Labute approximate surface area is 141 Å². The van der Waals surface area contributed by atoms with Crippen molar-refractivity contribution in [1.82, 2.24) is 5.32 Å². The van der Waals surface area contributed by atoms with Gasteiger partial charge in [-0.25, -0.2) is 4.79 Å². The van der Waals surface area contributed by atoms with Crippen molar-refractivity contribution in [3.8, 4) is 11.5 Å². The molecule has 9 heteroatoms. The number of amides is 2.